The second-order valence-corrected chi connectivity index (χ2v) is 6.46. The van der Waals surface area contributed by atoms with Gasteiger partial charge >= 0.3 is 0 Å². The first-order valence-electron chi connectivity index (χ1n) is 7.47. The first kappa shape index (κ1) is 15.6. The predicted molar refractivity (Wildman–Crippen MR) is 91.6 cm³/mol. The van der Waals surface area contributed by atoms with E-state index in [0.717, 1.165) is 23.6 Å². The first-order valence-corrected chi connectivity index (χ1v) is 8.26. The quantitative estimate of drug-likeness (QED) is 0.771. The van der Waals surface area contributed by atoms with E-state index in [1.807, 2.05) is 18.2 Å². The molecule has 0 amide bonds. The minimum atomic E-state index is 0.387. The fourth-order valence-corrected chi connectivity index (χ4v) is 3.44. The fourth-order valence-electron chi connectivity index (χ4n) is 3.07. The molecule has 1 aliphatic rings. The molecule has 20 heavy (non-hydrogen) atoms. The van der Waals surface area contributed by atoms with Crippen LogP contribution in [-0.2, 0) is 0 Å². The molecule has 0 bridgehead atoms. The zero-order chi connectivity index (χ0) is 14.5. The Labute approximate surface area is 132 Å². The van der Waals surface area contributed by atoms with Crippen LogP contribution in [0.5, 0.6) is 0 Å². The lowest BCUT2D eigenvalue weighted by Gasteiger charge is -2.31. The number of hydrogen-bond acceptors (Lipinski definition) is 2. The molecule has 0 aromatic heterocycles. The summed E-state index contributed by atoms with van der Waals surface area (Å²) in [5.74, 6) is 0.764. The van der Waals surface area contributed by atoms with Crippen LogP contribution in [0.4, 0.5) is 5.69 Å². The highest BCUT2D eigenvalue weighted by atomic mass is 35.5. The topological polar surface area (TPSA) is 38.0 Å². The van der Waals surface area contributed by atoms with Crippen molar-refractivity contribution in [1.29, 1.82) is 0 Å². The standard InChI is InChI=1S/C16H23ClN2S/c1-2-14(11-6-4-3-5-7-11)19-15-9-8-12(16(18)20)10-13(15)17/h8-11,14,19H,2-7H2,1H3,(H2,18,20). The average molecular weight is 311 g/mol. The summed E-state index contributed by atoms with van der Waals surface area (Å²) in [7, 11) is 0. The Morgan fingerprint density at radius 2 is 2.10 bits per heavy atom. The monoisotopic (exact) mass is 310 g/mol. The van der Waals surface area contributed by atoms with Crippen LogP contribution in [0.2, 0.25) is 5.02 Å². The minimum Gasteiger partial charge on any atom is -0.389 e. The lowest BCUT2D eigenvalue weighted by Crippen LogP contribution is -2.30. The van der Waals surface area contributed by atoms with E-state index in [0.29, 0.717) is 16.1 Å². The number of rotatable bonds is 5. The van der Waals surface area contributed by atoms with Gasteiger partial charge in [-0.25, -0.2) is 0 Å². The zero-order valence-corrected chi connectivity index (χ0v) is 13.6. The number of nitrogens with two attached hydrogens (primary N) is 1. The molecule has 3 N–H and O–H groups in total. The van der Waals surface area contributed by atoms with Crippen molar-refractivity contribution in [3.63, 3.8) is 0 Å². The third-order valence-corrected chi connectivity index (χ3v) is 4.80. The van der Waals surface area contributed by atoms with Crippen molar-refractivity contribution in [3.05, 3.63) is 28.8 Å². The molecular weight excluding hydrogens is 288 g/mol. The number of anilines is 1. The Hall–Kier alpha value is -0.800. The van der Waals surface area contributed by atoms with Crippen molar-refractivity contribution < 1.29 is 0 Å². The number of halogens is 1. The largest absolute Gasteiger partial charge is 0.389 e. The van der Waals surface area contributed by atoms with Gasteiger partial charge in [-0.2, -0.15) is 0 Å². The van der Waals surface area contributed by atoms with Gasteiger partial charge in [-0.15, -0.1) is 0 Å². The maximum absolute atomic E-state index is 6.34. The summed E-state index contributed by atoms with van der Waals surface area (Å²) < 4.78 is 0. The van der Waals surface area contributed by atoms with Crippen LogP contribution in [-0.4, -0.2) is 11.0 Å². The summed E-state index contributed by atoms with van der Waals surface area (Å²) in [6.07, 6.45) is 7.88. The highest BCUT2D eigenvalue weighted by molar-refractivity contribution is 7.80. The molecule has 1 fully saturated rings. The second-order valence-electron chi connectivity index (χ2n) is 5.62. The number of thiocarbonyl (C=S) groups is 1. The summed E-state index contributed by atoms with van der Waals surface area (Å²) in [5.41, 5.74) is 7.44. The van der Waals surface area contributed by atoms with E-state index in [2.05, 4.69) is 12.2 Å². The first-order chi connectivity index (χ1) is 9.61. The molecule has 1 aromatic rings. The molecule has 1 aliphatic carbocycles. The molecule has 110 valence electrons. The summed E-state index contributed by atoms with van der Waals surface area (Å²) in [4.78, 5) is 0.387. The summed E-state index contributed by atoms with van der Waals surface area (Å²) in [5, 5.41) is 4.32. The SMILES string of the molecule is CCC(Nc1ccc(C(N)=S)cc1Cl)C1CCCCC1. The van der Waals surface area contributed by atoms with E-state index < -0.39 is 0 Å². The molecule has 1 atom stereocenters. The van der Waals surface area contributed by atoms with Gasteiger partial charge in [0, 0.05) is 11.6 Å². The predicted octanol–water partition coefficient (Wildman–Crippen LogP) is 4.75. The van der Waals surface area contributed by atoms with Gasteiger partial charge in [0.15, 0.2) is 0 Å². The zero-order valence-electron chi connectivity index (χ0n) is 12.0. The number of nitrogens with one attached hydrogen (secondary N) is 1. The van der Waals surface area contributed by atoms with E-state index in [1.54, 1.807) is 0 Å². The molecule has 0 radical (unpaired) electrons. The molecule has 1 aromatic carbocycles. The van der Waals surface area contributed by atoms with Crippen molar-refractivity contribution >= 4 is 34.5 Å². The van der Waals surface area contributed by atoms with Gasteiger partial charge in [0.2, 0.25) is 0 Å². The molecule has 0 aliphatic heterocycles. The van der Waals surface area contributed by atoms with E-state index >= 15 is 0 Å². The smallest absolute Gasteiger partial charge is 0.104 e. The number of hydrogen-bond donors (Lipinski definition) is 2. The van der Waals surface area contributed by atoms with Gasteiger partial charge in [-0.05, 0) is 43.4 Å². The van der Waals surface area contributed by atoms with Crippen LogP contribution < -0.4 is 11.1 Å². The van der Waals surface area contributed by atoms with Crippen molar-refractivity contribution in [3.8, 4) is 0 Å². The van der Waals surface area contributed by atoms with E-state index in [-0.39, 0.29) is 0 Å². The normalized spacial score (nSPS) is 17.7. The third-order valence-electron chi connectivity index (χ3n) is 4.25. The third kappa shape index (κ3) is 3.86. The summed E-state index contributed by atoms with van der Waals surface area (Å²) in [6.45, 7) is 2.24. The van der Waals surface area contributed by atoms with Crippen LogP contribution >= 0.6 is 23.8 Å². The van der Waals surface area contributed by atoms with Gasteiger partial charge in [-0.3, -0.25) is 0 Å². The molecule has 4 heteroatoms. The summed E-state index contributed by atoms with van der Waals surface area (Å²) >= 11 is 11.3. The van der Waals surface area contributed by atoms with Crippen molar-refractivity contribution in [2.24, 2.45) is 11.7 Å². The Balaban J connectivity index is 2.08. The van der Waals surface area contributed by atoms with E-state index in [4.69, 9.17) is 29.6 Å². The molecule has 2 nitrogen and oxygen atoms in total. The average Bonchev–Trinajstić information content (AvgIpc) is 2.46. The second kappa shape index (κ2) is 7.28. The van der Waals surface area contributed by atoms with Crippen molar-refractivity contribution in [2.75, 3.05) is 5.32 Å². The van der Waals surface area contributed by atoms with Gasteiger partial charge in [0.25, 0.3) is 0 Å². The van der Waals surface area contributed by atoms with Gasteiger partial charge in [-0.1, -0.05) is 50.0 Å². The maximum atomic E-state index is 6.34. The molecule has 1 saturated carbocycles. The molecule has 2 rings (SSSR count). The van der Waals surface area contributed by atoms with Gasteiger partial charge < -0.3 is 11.1 Å². The van der Waals surface area contributed by atoms with Crippen molar-refractivity contribution in [1.82, 2.24) is 0 Å². The molecular formula is C16H23ClN2S. The molecule has 0 saturated heterocycles. The van der Waals surface area contributed by atoms with Crippen LogP contribution in [0.1, 0.15) is 51.0 Å². The van der Waals surface area contributed by atoms with Crippen LogP contribution in [0, 0.1) is 5.92 Å². The Bertz CT molecular complexity index is 470. The maximum Gasteiger partial charge on any atom is 0.104 e. The molecule has 0 spiro atoms. The summed E-state index contributed by atoms with van der Waals surface area (Å²) in [6, 6.07) is 6.27. The molecule has 0 heterocycles. The van der Waals surface area contributed by atoms with Crippen molar-refractivity contribution in [2.45, 2.75) is 51.5 Å². The fraction of sp³-hybridized carbons (Fsp3) is 0.562. The van der Waals surface area contributed by atoms with Crippen LogP contribution in [0.3, 0.4) is 0 Å². The Morgan fingerprint density at radius 1 is 1.40 bits per heavy atom. The lowest BCUT2D eigenvalue weighted by molar-refractivity contribution is 0.313. The molecule has 1 unspecified atom stereocenters. The number of benzene rings is 1. The minimum absolute atomic E-state index is 0.387. The highest BCUT2D eigenvalue weighted by Crippen LogP contribution is 2.31. The van der Waals surface area contributed by atoms with Gasteiger partial charge in [0.05, 0.1) is 10.7 Å². The lowest BCUT2D eigenvalue weighted by atomic mass is 9.83. The van der Waals surface area contributed by atoms with E-state index in [1.165, 1.54) is 32.1 Å². The van der Waals surface area contributed by atoms with Crippen LogP contribution in [0.15, 0.2) is 18.2 Å². The Morgan fingerprint density at radius 3 is 2.65 bits per heavy atom. The Kier molecular flexibility index (Phi) is 5.67. The van der Waals surface area contributed by atoms with Crippen LogP contribution in [0.25, 0.3) is 0 Å². The highest BCUT2D eigenvalue weighted by Gasteiger charge is 2.22. The van der Waals surface area contributed by atoms with E-state index in [9.17, 15) is 0 Å². The van der Waals surface area contributed by atoms with Gasteiger partial charge in [0.1, 0.15) is 4.99 Å².